The van der Waals surface area contributed by atoms with E-state index in [9.17, 15) is 13.2 Å². The highest BCUT2D eigenvalue weighted by molar-refractivity contribution is 7.91. The second kappa shape index (κ2) is 9.44. The normalized spacial score (nSPS) is 20.5. The number of nitrogens with zero attached hydrogens (tertiary/aromatic N) is 8. The van der Waals surface area contributed by atoms with Crippen LogP contribution in [0.3, 0.4) is 0 Å². The number of carbonyl (C=O) groups excluding carboxylic acids is 1. The molecule has 2 fully saturated rings. The molecule has 0 aliphatic carbocycles. The van der Waals surface area contributed by atoms with Crippen LogP contribution in [0.15, 0.2) is 60.0 Å². The first-order valence-corrected chi connectivity index (χ1v) is 15.1. The molecular formula is C27H26N10O3S. The Labute approximate surface area is 234 Å². The molecule has 1 aromatic carbocycles. The van der Waals surface area contributed by atoms with Gasteiger partial charge >= 0.3 is 0 Å². The SMILES string of the molecule is CS(=O)(=O)c1c(C2C[C@H]3CC[C@@H](C2)N3C(=O)c2cn[nH]n2)nc2c(-c3cnc(-c4ccccc4)cn3)cnn2c1N. The van der Waals surface area contributed by atoms with Crippen molar-refractivity contribution in [1.29, 1.82) is 0 Å². The van der Waals surface area contributed by atoms with Crippen molar-refractivity contribution in [2.45, 2.75) is 48.6 Å². The number of H-pyrrole nitrogens is 1. The minimum Gasteiger partial charge on any atom is -0.382 e. The van der Waals surface area contributed by atoms with E-state index in [4.69, 9.17) is 10.7 Å². The number of rotatable bonds is 5. The highest BCUT2D eigenvalue weighted by atomic mass is 32.2. The summed E-state index contributed by atoms with van der Waals surface area (Å²) in [6, 6.07) is 9.57. The van der Waals surface area contributed by atoms with Crippen molar-refractivity contribution in [2.24, 2.45) is 0 Å². The van der Waals surface area contributed by atoms with Gasteiger partial charge in [-0.1, -0.05) is 30.3 Å². The molecule has 1 amide bonds. The Kier molecular flexibility index (Phi) is 5.81. The summed E-state index contributed by atoms with van der Waals surface area (Å²) in [6.45, 7) is 0. The number of aromatic amines is 1. The number of nitrogens with one attached hydrogen (secondary N) is 1. The minimum atomic E-state index is -3.76. The number of benzene rings is 1. The largest absolute Gasteiger partial charge is 0.382 e. The lowest BCUT2D eigenvalue weighted by Crippen LogP contribution is -2.46. The van der Waals surface area contributed by atoms with Crippen molar-refractivity contribution >= 4 is 27.2 Å². The Morgan fingerprint density at radius 3 is 2.34 bits per heavy atom. The lowest BCUT2D eigenvalue weighted by Gasteiger charge is -2.38. The molecule has 7 rings (SSSR count). The fraction of sp³-hybridized carbons (Fsp3) is 0.296. The molecule has 13 nitrogen and oxygen atoms in total. The summed E-state index contributed by atoms with van der Waals surface area (Å²) >= 11 is 0. The summed E-state index contributed by atoms with van der Waals surface area (Å²) < 4.78 is 27.4. The second-order valence-corrected chi connectivity index (χ2v) is 12.5. The molecule has 0 saturated carbocycles. The monoisotopic (exact) mass is 570 g/mol. The van der Waals surface area contributed by atoms with Crippen LogP contribution < -0.4 is 5.73 Å². The van der Waals surface area contributed by atoms with E-state index in [2.05, 4.69) is 30.5 Å². The molecule has 3 N–H and O–H groups in total. The van der Waals surface area contributed by atoms with Gasteiger partial charge in [0.05, 0.1) is 47.4 Å². The number of fused-ring (bicyclic) bond motifs is 3. The first-order valence-electron chi connectivity index (χ1n) is 13.2. The zero-order chi connectivity index (χ0) is 28.3. The quantitative estimate of drug-likeness (QED) is 0.319. The Bertz CT molecular complexity index is 1860. The number of hydrogen-bond acceptors (Lipinski definition) is 10. The van der Waals surface area contributed by atoms with E-state index in [1.165, 1.54) is 10.7 Å². The highest BCUT2D eigenvalue weighted by Crippen LogP contribution is 2.45. The van der Waals surface area contributed by atoms with Crippen LogP contribution in [0.4, 0.5) is 5.82 Å². The molecule has 2 aliphatic heterocycles. The molecule has 6 heterocycles. The van der Waals surface area contributed by atoms with Gasteiger partial charge in [-0.25, -0.2) is 13.4 Å². The van der Waals surface area contributed by atoms with E-state index in [1.807, 2.05) is 35.2 Å². The Morgan fingerprint density at radius 2 is 1.71 bits per heavy atom. The second-order valence-electron chi connectivity index (χ2n) is 10.6. The van der Waals surface area contributed by atoms with E-state index >= 15 is 0 Å². The van der Waals surface area contributed by atoms with Crippen molar-refractivity contribution in [1.82, 2.24) is 44.9 Å². The highest BCUT2D eigenvalue weighted by Gasteiger charge is 2.46. The molecule has 5 aromatic rings. The maximum atomic E-state index is 13.1. The number of nitrogen functional groups attached to an aromatic ring is 1. The number of hydrogen-bond donors (Lipinski definition) is 2. The predicted octanol–water partition coefficient (Wildman–Crippen LogP) is 2.51. The number of amides is 1. The van der Waals surface area contributed by atoms with Gasteiger partial charge in [-0.2, -0.15) is 25.0 Å². The number of piperidine rings is 1. The Morgan fingerprint density at radius 1 is 1.00 bits per heavy atom. The van der Waals surface area contributed by atoms with Gasteiger partial charge in [0.25, 0.3) is 5.91 Å². The van der Waals surface area contributed by atoms with Crippen LogP contribution in [-0.2, 0) is 9.84 Å². The van der Waals surface area contributed by atoms with E-state index in [1.54, 1.807) is 18.6 Å². The van der Waals surface area contributed by atoms with E-state index in [0.29, 0.717) is 35.4 Å². The maximum absolute atomic E-state index is 13.1. The molecule has 4 aromatic heterocycles. The lowest BCUT2D eigenvalue weighted by molar-refractivity contribution is 0.0562. The molecule has 208 valence electrons. The molecule has 14 heteroatoms. The van der Waals surface area contributed by atoms with Crippen molar-refractivity contribution in [3.8, 4) is 22.5 Å². The number of aromatic nitrogens is 8. The van der Waals surface area contributed by atoms with Crippen LogP contribution in [-0.4, -0.2) is 77.5 Å². The molecule has 0 spiro atoms. The maximum Gasteiger partial charge on any atom is 0.276 e. The standard InChI is InChI=1S/C27H26N10O3S/c1-41(39,40)24-23(16-9-17-7-8-18(10-16)36(17)27(38)22-14-31-35-34-22)33-26-19(11-32-37(26)25(24)28)21-13-29-20(12-30-21)15-5-3-2-4-6-15/h2-6,11-14,16-18H,7-10,28H2,1H3,(H,31,34,35)/t16?,17-,18+. The summed E-state index contributed by atoms with van der Waals surface area (Å²) in [5, 5.41) is 14.6. The van der Waals surface area contributed by atoms with Crippen molar-refractivity contribution < 1.29 is 13.2 Å². The summed E-state index contributed by atoms with van der Waals surface area (Å²) in [5.74, 6) is -0.396. The Hall–Kier alpha value is -4.72. The van der Waals surface area contributed by atoms with Gasteiger partial charge in [-0.15, -0.1) is 0 Å². The minimum absolute atomic E-state index is 0.000986. The van der Waals surface area contributed by atoms with Crippen LogP contribution >= 0.6 is 0 Å². The van der Waals surface area contributed by atoms with Gasteiger partial charge in [0.15, 0.2) is 21.2 Å². The predicted molar refractivity (Wildman–Crippen MR) is 148 cm³/mol. The van der Waals surface area contributed by atoms with Crippen LogP contribution in [0.5, 0.6) is 0 Å². The topological polar surface area (TPSA) is 178 Å². The summed E-state index contributed by atoms with van der Waals surface area (Å²) in [4.78, 5) is 29.1. The number of nitrogens with two attached hydrogens (primary N) is 1. The van der Waals surface area contributed by atoms with Crippen LogP contribution in [0, 0.1) is 0 Å². The average molecular weight is 571 g/mol. The van der Waals surface area contributed by atoms with Gasteiger partial charge in [-0.3, -0.25) is 14.8 Å². The number of carbonyl (C=O) groups is 1. The van der Waals surface area contributed by atoms with Crippen LogP contribution in [0.1, 0.15) is 47.8 Å². The Balaban J connectivity index is 1.29. The van der Waals surface area contributed by atoms with E-state index < -0.39 is 9.84 Å². The average Bonchev–Trinajstić information content (AvgIpc) is 3.71. The molecule has 2 bridgehead atoms. The van der Waals surface area contributed by atoms with E-state index in [-0.39, 0.29) is 40.3 Å². The molecule has 2 saturated heterocycles. The van der Waals surface area contributed by atoms with Crippen LogP contribution in [0.2, 0.25) is 0 Å². The first kappa shape index (κ1) is 25.3. The van der Waals surface area contributed by atoms with Crippen LogP contribution in [0.25, 0.3) is 28.2 Å². The fourth-order valence-corrected chi connectivity index (χ4v) is 7.31. The van der Waals surface area contributed by atoms with E-state index in [0.717, 1.165) is 30.4 Å². The number of anilines is 1. The van der Waals surface area contributed by atoms with Gasteiger partial charge < -0.3 is 10.6 Å². The molecule has 0 radical (unpaired) electrons. The third-order valence-electron chi connectivity index (χ3n) is 8.02. The molecule has 2 aliphatic rings. The summed E-state index contributed by atoms with van der Waals surface area (Å²) in [5.41, 5.74) is 10.4. The third-order valence-corrected chi connectivity index (χ3v) is 9.18. The van der Waals surface area contributed by atoms with Gasteiger partial charge in [0.2, 0.25) is 0 Å². The van der Waals surface area contributed by atoms with Crippen molar-refractivity contribution in [3.05, 3.63) is 66.5 Å². The summed E-state index contributed by atoms with van der Waals surface area (Å²) in [7, 11) is -3.76. The summed E-state index contributed by atoms with van der Waals surface area (Å²) in [6.07, 6.45) is 10.2. The molecule has 1 unspecified atom stereocenters. The van der Waals surface area contributed by atoms with Gasteiger partial charge in [0, 0.05) is 29.8 Å². The van der Waals surface area contributed by atoms with Gasteiger partial charge in [-0.05, 0) is 25.7 Å². The smallest absolute Gasteiger partial charge is 0.276 e. The zero-order valence-electron chi connectivity index (χ0n) is 22.0. The molecule has 3 atom stereocenters. The van der Waals surface area contributed by atoms with Gasteiger partial charge in [0.1, 0.15) is 10.7 Å². The number of sulfone groups is 1. The third kappa shape index (κ3) is 4.22. The molecule has 41 heavy (non-hydrogen) atoms. The van der Waals surface area contributed by atoms with Crippen molar-refractivity contribution in [3.63, 3.8) is 0 Å². The molecular weight excluding hydrogens is 544 g/mol. The first-order chi connectivity index (χ1) is 19.8. The fourth-order valence-electron chi connectivity index (χ4n) is 6.25. The van der Waals surface area contributed by atoms with Crippen molar-refractivity contribution in [2.75, 3.05) is 12.0 Å². The zero-order valence-corrected chi connectivity index (χ0v) is 22.9. The lowest BCUT2D eigenvalue weighted by atomic mass is 9.87.